The first-order valence-electron chi connectivity index (χ1n) is 8.43. The van der Waals surface area contributed by atoms with Gasteiger partial charge in [0.1, 0.15) is 5.54 Å². The van der Waals surface area contributed by atoms with Crippen molar-refractivity contribution in [3.8, 4) is 0 Å². The maximum absolute atomic E-state index is 12.4. The highest BCUT2D eigenvalue weighted by atomic mass is 16.2. The Labute approximate surface area is 129 Å². The van der Waals surface area contributed by atoms with Crippen molar-refractivity contribution in [2.45, 2.75) is 72.3 Å². The molecule has 1 amide bonds. The van der Waals surface area contributed by atoms with E-state index in [-0.39, 0.29) is 5.91 Å². The molecule has 4 nitrogen and oxygen atoms in total. The lowest BCUT2D eigenvalue weighted by Crippen LogP contribution is -2.50. The first kappa shape index (κ1) is 16.3. The maximum atomic E-state index is 12.4. The molecule has 2 aliphatic rings. The average molecular weight is 293 g/mol. The number of carbonyl (C=O) groups excluding carboxylic acids is 1. The highest BCUT2D eigenvalue weighted by Crippen LogP contribution is 2.44. The number of amides is 1. The minimum absolute atomic E-state index is 0.123. The van der Waals surface area contributed by atoms with Crippen LogP contribution in [0.25, 0.3) is 0 Å². The molecule has 0 aromatic rings. The van der Waals surface area contributed by atoms with E-state index in [4.69, 9.17) is 0 Å². The fraction of sp³-hybridized carbons (Fsp3) is 0.882. The summed E-state index contributed by atoms with van der Waals surface area (Å²) >= 11 is 0. The van der Waals surface area contributed by atoms with E-state index in [1.165, 1.54) is 6.42 Å². The van der Waals surface area contributed by atoms with Crippen LogP contribution in [0, 0.1) is 17.3 Å². The number of rotatable bonds is 4. The summed E-state index contributed by atoms with van der Waals surface area (Å²) in [6.45, 7) is 12.0. The zero-order valence-corrected chi connectivity index (χ0v) is 14.3. The molecule has 1 saturated heterocycles. The van der Waals surface area contributed by atoms with Gasteiger partial charge in [0, 0.05) is 6.54 Å². The quantitative estimate of drug-likeness (QED) is 0.837. The van der Waals surface area contributed by atoms with Gasteiger partial charge in [0.05, 0.1) is 0 Å². The molecule has 1 spiro atoms. The molecule has 2 N–H and O–H groups in total. The van der Waals surface area contributed by atoms with E-state index in [9.17, 15) is 4.79 Å². The Morgan fingerprint density at radius 3 is 2.48 bits per heavy atom. The summed E-state index contributed by atoms with van der Waals surface area (Å²) in [6.07, 6.45) is 5.30. The van der Waals surface area contributed by atoms with E-state index >= 15 is 0 Å². The van der Waals surface area contributed by atoms with Gasteiger partial charge in [-0.3, -0.25) is 15.1 Å². The number of hydrogen-bond acceptors (Lipinski definition) is 2. The number of nitrogens with zero attached hydrogens (tertiary/aromatic N) is 1. The van der Waals surface area contributed by atoms with E-state index in [2.05, 4.69) is 50.2 Å². The van der Waals surface area contributed by atoms with Crippen LogP contribution in [-0.4, -0.2) is 24.0 Å². The predicted octanol–water partition coefficient (Wildman–Crippen LogP) is 3.08. The van der Waals surface area contributed by atoms with Gasteiger partial charge in [0.2, 0.25) is 0 Å². The highest BCUT2D eigenvalue weighted by molar-refractivity contribution is 6.09. The van der Waals surface area contributed by atoms with Crippen LogP contribution < -0.4 is 10.6 Å². The highest BCUT2D eigenvalue weighted by Gasteiger charge is 2.48. The van der Waals surface area contributed by atoms with E-state index in [1.807, 2.05) is 0 Å². The Hall–Kier alpha value is -1.06. The number of aliphatic imine (C=N–C) groups is 1. The SMILES string of the molecule is CCC(C)(C)C1CCC2(CC1)NC(=NCC(C)C)NC2=O. The van der Waals surface area contributed by atoms with E-state index in [1.54, 1.807) is 0 Å². The second kappa shape index (κ2) is 5.98. The molecule has 0 aromatic carbocycles. The molecule has 0 radical (unpaired) electrons. The van der Waals surface area contributed by atoms with Crippen molar-refractivity contribution in [1.29, 1.82) is 0 Å². The molecular formula is C17H31N3O. The maximum Gasteiger partial charge on any atom is 0.252 e. The second-order valence-electron chi connectivity index (χ2n) is 7.86. The van der Waals surface area contributed by atoms with Crippen molar-refractivity contribution in [2.75, 3.05) is 6.54 Å². The van der Waals surface area contributed by atoms with Crippen molar-refractivity contribution in [2.24, 2.45) is 22.2 Å². The van der Waals surface area contributed by atoms with Crippen LogP contribution in [0.2, 0.25) is 0 Å². The molecule has 1 aliphatic carbocycles. The Kier molecular flexibility index (Phi) is 4.64. The molecule has 1 heterocycles. The van der Waals surface area contributed by atoms with Crippen molar-refractivity contribution in [3.63, 3.8) is 0 Å². The van der Waals surface area contributed by atoms with Crippen LogP contribution in [0.1, 0.15) is 66.7 Å². The zero-order valence-electron chi connectivity index (χ0n) is 14.3. The van der Waals surface area contributed by atoms with Crippen molar-refractivity contribution in [3.05, 3.63) is 0 Å². The summed E-state index contributed by atoms with van der Waals surface area (Å²) < 4.78 is 0. The number of guanidine groups is 1. The Morgan fingerprint density at radius 2 is 1.95 bits per heavy atom. The third kappa shape index (κ3) is 3.41. The average Bonchev–Trinajstić information content (AvgIpc) is 2.73. The topological polar surface area (TPSA) is 53.5 Å². The van der Waals surface area contributed by atoms with Gasteiger partial charge in [-0.05, 0) is 42.9 Å². The fourth-order valence-corrected chi connectivity index (χ4v) is 3.43. The zero-order chi connectivity index (χ0) is 15.7. The lowest BCUT2D eigenvalue weighted by Gasteiger charge is -2.42. The largest absolute Gasteiger partial charge is 0.342 e. The first-order valence-corrected chi connectivity index (χ1v) is 8.43. The summed E-state index contributed by atoms with van der Waals surface area (Å²) in [7, 11) is 0. The van der Waals surface area contributed by atoms with Gasteiger partial charge >= 0.3 is 0 Å². The second-order valence-corrected chi connectivity index (χ2v) is 7.86. The minimum Gasteiger partial charge on any atom is -0.342 e. The molecule has 0 atom stereocenters. The van der Waals surface area contributed by atoms with Crippen LogP contribution in [0.4, 0.5) is 0 Å². The smallest absolute Gasteiger partial charge is 0.252 e. The van der Waals surface area contributed by atoms with Crippen molar-refractivity contribution >= 4 is 11.9 Å². The van der Waals surface area contributed by atoms with Crippen LogP contribution in [-0.2, 0) is 4.79 Å². The molecule has 1 saturated carbocycles. The summed E-state index contributed by atoms with van der Waals surface area (Å²) in [5.74, 6) is 2.04. The normalized spacial score (nSPS) is 31.8. The monoisotopic (exact) mass is 293 g/mol. The van der Waals surface area contributed by atoms with Crippen LogP contribution in [0.15, 0.2) is 4.99 Å². The number of hydrogen-bond donors (Lipinski definition) is 2. The lowest BCUT2D eigenvalue weighted by molar-refractivity contribution is -0.125. The van der Waals surface area contributed by atoms with Gasteiger partial charge < -0.3 is 5.32 Å². The molecule has 120 valence electrons. The van der Waals surface area contributed by atoms with Gasteiger partial charge in [-0.2, -0.15) is 0 Å². The molecule has 0 bridgehead atoms. The van der Waals surface area contributed by atoms with Gasteiger partial charge in [0.25, 0.3) is 5.91 Å². The molecule has 4 heteroatoms. The third-order valence-electron chi connectivity index (χ3n) is 5.49. The Morgan fingerprint density at radius 1 is 1.33 bits per heavy atom. The van der Waals surface area contributed by atoms with Crippen molar-refractivity contribution in [1.82, 2.24) is 10.6 Å². The first-order chi connectivity index (χ1) is 9.79. The van der Waals surface area contributed by atoms with Crippen LogP contribution >= 0.6 is 0 Å². The Balaban J connectivity index is 2.00. The summed E-state index contributed by atoms with van der Waals surface area (Å²) in [4.78, 5) is 16.9. The van der Waals surface area contributed by atoms with Gasteiger partial charge in [-0.1, -0.05) is 41.0 Å². The summed E-state index contributed by atoms with van der Waals surface area (Å²) in [6, 6.07) is 0. The van der Waals surface area contributed by atoms with Crippen LogP contribution in [0.3, 0.4) is 0 Å². The van der Waals surface area contributed by atoms with Gasteiger partial charge in [-0.25, -0.2) is 0 Å². The molecule has 1 aliphatic heterocycles. The van der Waals surface area contributed by atoms with Gasteiger partial charge in [-0.15, -0.1) is 0 Å². The van der Waals surface area contributed by atoms with E-state index in [0.29, 0.717) is 17.3 Å². The third-order valence-corrected chi connectivity index (χ3v) is 5.49. The lowest BCUT2D eigenvalue weighted by atomic mass is 9.65. The molecule has 0 aromatic heterocycles. The Bertz CT molecular complexity index is 418. The summed E-state index contributed by atoms with van der Waals surface area (Å²) in [5, 5.41) is 6.33. The van der Waals surface area contributed by atoms with Crippen molar-refractivity contribution < 1.29 is 4.79 Å². The predicted molar refractivity (Wildman–Crippen MR) is 87.2 cm³/mol. The van der Waals surface area contributed by atoms with E-state index < -0.39 is 5.54 Å². The molecule has 21 heavy (non-hydrogen) atoms. The molecule has 2 rings (SSSR count). The fourth-order valence-electron chi connectivity index (χ4n) is 3.43. The molecular weight excluding hydrogens is 262 g/mol. The standard InChI is InChI=1S/C17H31N3O/c1-6-16(4,5)13-7-9-17(10-8-13)14(21)19-15(20-17)18-11-12(2)3/h12-13H,6-11H2,1-5H3,(H2,18,19,20,21). The van der Waals surface area contributed by atoms with Gasteiger partial charge in [0.15, 0.2) is 5.96 Å². The molecule has 2 fully saturated rings. The van der Waals surface area contributed by atoms with Crippen LogP contribution in [0.5, 0.6) is 0 Å². The molecule has 0 unspecified atom stereocenters. The minimum atomic E-state index is -0.393. The number of nitrogens with one attached hydrogen (secondary N) is 2. The number of carbonyl (C=O) groups is 1. The van der Waals surface area contributed by atoms with E-state index in [0.717, 1.165) is 38.1 Å². The summed E-state index contributed by atoms with van der Waals surface area (Å²) in [5.41, 5.74) is -0.0125.